The smallest absolute Gasteiger partial charge is 0.256 e. The van der Waals surface area contributed by atoms with Gasteiger partial charge in [0.1, 0.15) is 0 Å². The molecule has 3 aromatic carbocycles. The number of aromatic nitrogens is 1. The van der Waals surface area contributed by atoms with Gasteiger partial charge in [0.25, 0.3) is 5.91 Å². The van der Waals surface area contributed by atoms with Gasteiger partial charge in [-0.25, -0.2) is 0 Å². The molecule has 4 aromatic rings. The number of carbonyl (C=O) groups is 1. The maximum absolute atomic E-state index is 12.5. The van der Waals surface area contributed by atoms with Crippen LogP contribution in [0.2, 0.25) is 0 Å². The number of nitrogens with zero attached hydrogens (tertiary/aromatic N) is 1. The molecule has 0 unspecified atom stereocenters. The molecule has 1 aliphatic heterocycles. The number of hydrogen-bond acceptors (Lipinski definition) is 1. The first-order valence-corrected chi connectivity index (χ1v) is 9.04. The van der Waals surface area contributed by atoms with Crippen molar-refractivity contribution in [1.29, 1.82) is 0 Å². The highest BCUT2D eigenvalue weighted by molar-refractivity contribution is 6.35. The number of para-hydroxylation sites is 2. The highest BCUT2D eigenvalue weighted by Gasteiger charge is 2.23. The van der Waals surface area contributed by atoms with Crippen molar-refractivity contribution in [3.8, 4) is 0 Å². The fourth-order valence-corrected chi connectivity index (χ4v) is 3.74. The van der Waals surface area contributed by atoms with Crippen LogP contribution in [0.4, 0.5) is 5.69 Å². The molecule has 1 aliphatic rings. The van der Waals surface area contributed by atoms with Crippen molar-refractivity contribution in [2.24, 2.45) is 0 Å². The van der Waals surface area contributed by atoms with Crippen molar-refractivity contribution in [3.63, 3.8) is 0 Å². The summed E-state index contributed by atoms with van der Waals surface area (Å²) in [7, 11) is 0. The minimum Gasteiger partial charge on any atom is -0.342 e. The predicted molar refractivity (Wildman–Crippen MR) is 110 cm³/mol. The number of rotatable bonds is 3. The Morgan fingerprint density at radius 2 is 1.59 bits per heavy atom. The lowest BCUT2D eigenvalue weighted by atomic mass is 10.0. The third-order valence-corrected chi connectivity index (χ3v) is 5.03. The lowest BCUT2D eigenvalue weighted by molar-refractivity contribution is -0.110. The number of anilines is 1. The average molecular weight is 350 g/mol. The molecule has 27 heavy (non-hydrogen) atoms. The normalized spacial score (nSPS) is 14.5. The van der Waals surface area contributed by atoms with Crippen LogP contribution in [0.15, 0.2) is 85.1 Å². The van der Waals surface area contributed by atoms with Crippen LogP contribution in [0.25, 0.3) is 22.6 Å². The predicted octanol–water partition coefficient (Wildman–Crippen LogP) is 5.18. The van der Waals surface area contributed by atoms with E-state index < -0.39 is 0 Å². The van der Waals surface area contributed by atoms with Crippen molar-refractivity contribution in [2.75, 3.05) is 5.32 Å². The molecule has 5 rings (SSSR count). The van der Waals surface area contributed by atoms with E-state index in [0.717, 1.165) is 28.7 Å². The van der Waals surface area contributed by atoms with E-state index in [9.17, 15) is 4.79 Å². The monoisotopic (exact) mass is 350 g/mol. The van der Waals surface area contributed by atoms with Crippen molar-refractivity contribution in [1.82, 2.24) is 4.57 Å². The van der Waals surface area contributed by atoms with E-state index in [1.807, 2.05) is 42.5 Å². The number of carbonyl (C=O) groups excluding carboxylic acids is 1. The summed E-state index contributed by atoms with van der Waals surface area (Å²) < 4.78 is 2.25. The summed E-state index contributed by atoms with van der Waals surface area (Å²) in [4.78, 5) is 12.5. The van der Waals surface area contributed by atoms with Gasteiger partial charge in [0.15, 0.2) is 0 Å². The second kappa shape index (κ2) is 6.29. The minimum absolute atomic E-state index is 0.0453. The molecule has 130 valence electrons. The van der Waals surface area contributed by atoms with Gasteiger partial charge in [0, 0.05) is 46.0 Å². The Kier molecular flexibility index (Phi) is 3.65. The average Bonchev–Trinajstić information content (AvgIpc) is 3.21. The molecule has 2 heterocycles. The number of benzene rings is 3. The molecule has 0 bridgehead atoms. The number of fused-ring (bicyclic) bond motifs is 2. The summed E-state index contributed by atoms with van der Waals surface area (Å²) in [6.07, 6.45) is 4.14. The van der Waals surface area contributed by atoms with Crippen LogP contribution < -0.4 is 5.32 Å². The third-order valence-electron chi connectivity index (χ3n) is 5.03. The van der Waals surface area contributed by atoms with Crippen molar-refractivity contribution in [2.45, 2.75) is 6.54 Å². The molecule has 0 radical (unpaired) electrons. The van der Waals surface area contributed by atoms with E-state index in [1.165, 1.54) is 11.1 Å². The van der Waals surface area contributed by atoms with Gasteiger partial charge in [-0.15, -0.1) is 0 Å². The van der Waals surface area contributed by atoms with E-state index in [4.69, 9.17) is 0 Å². The molecule has 0 fully saturated rings. The van der Waals surface area contributed by atoms with Crippen molar-refractivity contribution < 1.29 is 4.79 Å². The zero-order valence-corrected chi connectivity index (χ0v) is 14.7. The van der Waals surface area contributed by atoms with Crippen LogP contribution >= 0.6 is 0 Å². The summed E-state index contributed by atoms with van der Waals surface area (Å²) >= 11 is 0. The van der Waals surface area contributed by atoms with Gasteiger partial charge in [-0.1, -0.05) is 66.7 Å². The molecule has 1 amide bonds. The van der Waals surface area contributed by atoms with Gasteiger partial charge < -0.3 is 9.88 Å². The lowest BCUT2D eigenvalue weighted by Crippen LogP contribution is -2.03. The lowest BCUT2D eigenvalue weighted by Gasteiger charge is -2.05. The first-order chi connectivity index (χ1) is 13.3. The van der Waals surface area contributed by atoms with Gasteiger partial charge in [0.2, 0.25) is 0 Å². The summed E-state index contributed by atoms with van der Waals surface area (Å²) in [5, 5.41) is 4.10. The van der Waals surface area contributed by atoms with Crippen molar-refractivity contribution in [3.05, 3.63) is 102 Å². The first kappa shape index (κ1) is 15.6. The first-order valence-electron chi connectivity index (χ1n) is 9.04. The van der Waals surface area contributed by atoms with Crippen LogP contribution in [0, 0.1) is 0 Å². The zero-order valence-electron chi connectivity index (χ0n) is 14.7. The minimum atomic E-state index is -0.0453. The van der Waals surface area contributed by atoms with Crippen LogP contribution in [0.3, 0.4) is 0 Å². The van der Waals surface area contributed by atoms with Gasteiger partial charge in [0.05, 0.1) is 0 Å². The SMILES string of the molecule is O=C1Nc2ccccc2/C1=C\c1cn(Cc2ccccc2)c2ccccc12. The van der Waals surface area contributed by atoms with Crippen molar-refractivity contribution >= 4 is 34.1 Å². The van der Waals surface area contributed by atoms with E-state index in [-0.39, 0.29) is 5.91 Å². The molecule has 0 spiro atoms. The highest BCUT2D eigenvalue weighted by atomic mass is 16.2. The number of nitrogens with one attached hydrogen (secondary N) is 1. The van der Waals surface area contributed by atoms with Crippen LogP contribution in [0.5, 0.6) is 0 Å². The molecule has 0 aliphatic carbocycles. The van der Waals surface area contributed by atoms with Gasteiger partial charge in [-0.3, -0.25) is 4.79 Å². The number of hydrogen-bond donors (Lipinski definition) is 1. The molecule has 1 aromatic heterocycles. The van der Waals surface area contributed by atoms with Crippen LogP contribution in [-0.2, 0) is 11.3 Å². The Balaban J connectivity index is 1.63. The number of amides is 1. The van der Waals surface area contributed by atoms with Gasteiger partial charge in [-0.2, -0.15) is 0 Å². The fourth-order valence-electron chi connectivity index (χ4n) is 3.74. The Bertz CT molecular complexity index is 1190. The molecule has 0 saturated heterocycles. The van der Waals surface area contributed by atoms with Crippen LogP contribution in [-0.4, -0.2) is 10.5 Å². The Hall–Kier alpha value is -3.59. The summed E-state index contributed by atoms with van der Waals surface area (Å²) in [5.74, 6) is -0.0453. The van der Waals surface area contributed by atoms with E-state index in [2.05, 4.69) is 58.5 Å². The van der Waals surface area contributed by atoms with E-state index in [1.54, 1.807) is 0 Å². The molecule has 3 heteroatoms. The highest BCUT2D eigenvalue weighted by Crippen LogP contribution is 2.34. The second-order valence-corrected chi connectivity index (χ2v) is 6.77. The summed E-state index contributed by atoms with van der Waals surface area (Å²) in [5.41, 5.74) is 6.03. The maximum atomic E-state index is 12.5. The molecule has 3 nitrogen and oxygen atoms in total. The molecular formula is C24H18N2O. The topological polar surface area (TPSA) is 34.0 Å². The Labute approximate surface area is 157 Å². The largest absolute Gasteiger partial charge is 0.342 e. The Morgan fingerprint density at radius 3 is 2.48 bits per heavy atom. The van der Waals surface area contributed by atoms with Gasteiger partial charge in [-0.05, 0) is 23.8 Å². The third kappa shape index (κ3) is 2.74. The quantitative estimate of drug-likeness (QED) is 0.507. The summed E-state index contributed by atoms with van der Waals surface area (Å²) in [6, 6.07) is 26.6. The molecule has 0 saturated carbocycles. The summed E-state index contributed by atoms with van der Waals surface area (Å²) in [6.45, 7) is 0.799. The standard InChI is InChI=1S/C24H18N2O/c27-24-21(20-11-4-6-12-22(20)25-24)14-18-16-26(15-17-8-2-1-3-9-17)23-13-7-5-10-19(18)23/h1-14,16H,15H2,(H,25,27)/b21-14+. The van der Waals surface area contributed by atoms with Gasteiger partial charge >= 0.3 is 0 Å². The van der Waals surface area contributed by atoms with E-state index in [0.29, 0.717) is 5.57 Å². The second-order valence-electron chi connectivity index (χ2n) is 6.77. The van der Waals surface area contributed by atoms with E-state index >= 15 is 0 Å². The zero-order chi connectivity index (χ0) is 18.2. The fraction of sp³-hybridized carbons (Fsp3) is 0.0417. The maximum Gasteiger partial charge on any atom is 0.256 e. The Morgan fingerprint density at radius 1 is 0.852 bits per heavy atom. The molecular weight excluding hydrogens is 332 g/mol. The van der Waals surface area contributed by atoms with Crippen LogP contribution in [0.1, 0.15) is 16.7 Å². The molecule has 0 atom stereocenters. The molecule has 1 N–H and O–H groups in total.